The molecular formula is C17H34O7. The Balaban J connectivity index is 4.06. The standard InChI is InChI=1S/C17H34O7/c1-9-11-16(5,6)23-21-13(3)19-15(18)20-14(4)22-24-17(7,8)12-10-2/h13-14H,9-12H2,1-8H3. The molecule has 0 N–H and O–H groups in total. The largest absolute Gasteiger partial charge is 0.513 e. The number of hydrogen-bond acceptors (Lipinski definition) is 7. The Hall–Kier alpha value is -0.890. The van der Waals surface area contributed by atoms with Gasteiger partial charge in [-0.3, -0.25) is 0 Å². The molecule has 0 aliphatic heterocycles. The van der Waals surface area contributed by atoms with E-state index in [1.54, 1.807) is 0 Å². The van der Waals surface area contributed by atoms with Crippen molar-refractivity contribution in [1.82, 2.24) is 0 Å². The molecule has 0 amide bonds. The summed E-state index contributed by atoms with van der Waals surface area (Å²) in [5.41, 5.74) is -0.906. The van der Waals surface area contributed by atoms with Gasteiger partial charge >= 0.3 is 6.16 Å². The van der Waals surface area contributed by atoms with Crippen LogP contribution in [0.15, 0.2) is 0 Å². The minimum atomic E-state index is -0.927. The van der Waals surface area contributed by atoms with E-state index in [0.29, 0.717) is 0 Å². The van der Waals surface area contributed by atoms with Crippen molar-refractivity contribution in [2.24, 2.45) is 0 Å². The van der Waals surface area contributed by atoms with E-state index in [2.05, 4.69) is 0 Å². The van der Waals surface area contributed by atoms with E-state index >= 15 is 0 Å². The summed E-state index contributed by atoms with van der Waals surface area (Å²) in [6.45, 7) is 14.8. The van der Waals surface area contributed by atoms with Crippen LogP contribution in [0.25, 0.3) is 0 Å². The van der Waals surface area contributed by atoms with Crippen LogP contribution in [0.3, 0.4) is 0 Å². The third-order valence-corrected chi connectivity index (χ3v) is 3.05. The van der Waals surface area contributed by atoms with Crippen LogP contribution in [0.5, 0.6) is 0 Å². The molecule has 0 bridgehead atoms. The van der Waals surface area contributed by atoms with E-state index in [1.165, 1.54) is 13.8 Å². The van der Waals surface area contributed by atoms with Gasteiger partial charge in [0.25, 0.3) is 0 Å². The number of hydrogen-bond donors (Lipinski definition) is 0. The first-order chi connectivity index (χ1) is 11.0. The van der Waals surface area contributed by atoms with Crippen LogP contribution >= 0.6 is 0 Å². The van der Waals surface area contributed by atoms with Gasteiger partial charge in [-0.15, -0.1) is 0 Å². The molecule has 7 nitrogen and oxygen atoms in total. The van der Waals surface area contributed by atoms with Crippen LogP contribution in [0.2, 0.25) is 0 Å². The van der Waals surface area contributed by atoms with Crippen LogP contribution in [0.4, 0.5) is 4.79 Å². The average molecular weight is 350 g/mol. The molecule has 0 spiro atoms. The van der Waals surface area contributed by atoms with E-state index in [4.69, 9.17) is 29.0 Å². The highest BCUT2D eigenvalue weighted by Crippen LogP contribution is 2.19. The van der Waals surface area contributed by atoms with E-state index in [9.17, 15) is 4.79 Å². The molecule has 0 aliphatic rings. The first kappa shape index (κ1) is 23.1. The maximum absolute atomic E-state index is 11.6. The molecule has 0 fully saturated rings. The Bertz CT molecular complexity index is 323. The molecule has 0 radical (unpaired) electrons. The highest BCUT2D eigenvalue weighted by Gasteiger charge is 2.24. The summed E-state index contributed by atoms with van der Waals surface area (Å²) in [5.74, 6) is 0. The predicted molar refractivity (Wildman–Crippen MR) is 88.8 cm³/mol. The Labute approximate surface area is 145 Å². The molecular weight excluding hydrogens is 316 g/mol. The SMILES string of the molecule is CCCC(C)(C)OOC(C)OC(=O)OC(C)OOC(C)(C)CCC. The summed E-state index contributed by atoms with van der Waals surface area (Å²) < 4.78 is 9.86. The second-order valence-electron chi connectivity index (χ2n) is 7.00. The van der Waals surface area contributed by atoms with Crippen LogP contribution in [0, 0.1) is 0 Å². The van der Waals surface area contributed by atoms with Gasteiger partial charge in [0, 0.05) is 13.8 Å². The van der Waals surface area contributed by atoms with Crippen molar-refractivity contribution in [2.75, 3.05) is 0 Å². The van der Waals surface area contributed by atoms with E-state index in [1.807, 2.05) is 41.5 Å². The molecule has 0 heterocycles. The fourth-order valence-corrected chi connectivity index (χ4v) is 2.02. The van der Waals surface area contributed by atoms with E-state index in [0.717, 1.165) is 25.7 Å². The molecule has 0 aromatic carbocycles. The lowest BCUT2D eigenvalue weighted by Gasteiger charge is -2.26. The van der Waals surface area contributed by atoms with Crippen molar-refractivity contribution in [2.45, 2.75) is 105 Å². The lowest BCUT2D eigenvalue weighted by molar-refractivity contribution is -0.420. The zero-order valence-electron chi connectivity index (χ0n) is 16.3. The van der Waals surface area contributed by atoms with E-state index < -0.39 is 29.9 Å². The molecule has 144 valence electrons. The molecule has 0 aromatic heterocycles. The van der Waals surface area contributed by atoms with Crippen molar-refractivity contribution in [1.29, 1.82) is 0 Å². The van der Waals surface area contributed by atoms with Crippen LogP contribution in [-0.2, 0) is 29.0 Å². The summed E-state index contributed by atoms with van der Waals surface area (Å²) in [4.78, 5) is 32.3. The number of carbonyl (C=O) groups excluding carboxylic acids is 1. The van der Waals surface area contributed by atoms with Crippen molar-refractivity contribution in [3.63, 3.8) is 0 Å². The number of rotatable bonds is 12. The van der Waals surface area contributed by atoms with Crippen molar-refractivity contribution < 1.29 is 33.8 Å². The fourth-order valence-electron chi connectivity index (χ4n) is 2.02. The van der Waals surface area contributed by atoms with Gasteiger partial charge in [-0.2, -0.15) is 9.78 Å². The second kappa shape index (κ2) is 10.9. The Morgan fingerprint density at radius 1 is 0.792 bits per heavy atom. The molecule has 7 heteroatoms. The normalized spacial score (nSPS) is 15.0. The molecule has 0 aliphatic carbocycles. The molecule has 24 heavy (non-hydrogen) atoms. The van der Waals surface area contributed by atoms with E-state index in [-0.39, 0.29) is 0 Å². The smallest absolute Gasteiger partial charge is 0.402 e. The third kappa shape index (κ3) is 11.6. The lowest BCUT2D eigenvalue weighted by Crippen LogP contribution is -2.31. The topological polar surface area (TPSA) is 72.5 Å². The Morgan fingerprint density at radius 2 is 1.12 bits per heavy atom. The first-order valence-corrected chi connectivity index (χ1v) is 8.57. The monoisotopic (exact) mass is 350 g/mol. The van der Waals surface area contributed by atoms with Gasteiger partial charge in [0.1, 0.15) is 0 Å². The zero-order chi connectivity index (χ0) is 18.8. The van der Waals surface area contributed by atoms with Gasteiger partial charge in [-0.25, -0.2) is 14.6 Å². The maximum atomic E-state index is 11.6. The predicted octanol–water partition coefficient (Wildman–Crippen LogP) is 4.89. The summed E-state index contributed by atoms with van der Waals surface area (Å²) >= 11 is 0. The molecule has 2 atom stereocenters. The summed E-state index contributed by atoms with van der Waals surface area (Å²) in [6.07, 6.45) is 0.813. The molecule has 2 unspecified atom stereocenters. The maximum Gasteiger partial charge on any atom is 0.513 e. The zero-order valence-corrected chi connectivity index (χ0v) is 16.3. The van der Waals surface area contributed by atoms with Gasteiger partial charge in [0.05, 0.1) is 11.2 Å². The summed E-state index contributed by atoms with van der Waals surface area (Å²) in [6, 6.07) is 0. The quantitative estimate of drug-likeness (QED) is 0.215. The van der Waals surface area contributed by atoms with Crippen molar-refractivity contribution in [3.8, 4) is 0 Å². The summed E-state index contributed by atoms with van der Waals surface area (Å²) in [7, 11) is 0. The Morgan fingerprint density at radius 3 is 1.42 bits per heavy atom. The minimum Gasteiger partial charge on any atom is -0.402 e. The van der Waals surface area contributed by atoms with Gasteiger partial charge in [0.15, 0.2) is 0 Å². The second-order valence-corrected chi connectivity index (χ2v) is 7.00. The fraction of sp³-hybridized carbons (Fsp3) is 0.941. The lowest BCUT2D eigenvalue weighted by atomic mass is 10.0. The van der Waals surface area contributed by atoms with Crippen LogP contribution < -0.4 is 0 Å². The molecule has 0 aromatic rings. The molecule has 0 rings (SSSR count). The Kier molecular flexibility index (Phi) is 10.5. The number of ether oxygens (including phenoxy) is 2. The van der Waals surface area contributed by atoms with Gasteiger partial charge < -0.3 is 9.47 Å². The minimum absolute atomic E-state index is 0.453. The third-order valence-electron chi connectivity index (χ3n) is 3.05. The first-order valence-electron chi connectivity index (χ1n) is 8.57. The highest BCUT2D eigenvalue weighted by atomic mass is 17.2. The van der Waals surface area contributed by atoms with Crippen molar-refractivity contribution >= 4 is 6.16 Å². The van der Waals surface area contributed by atoms with Crippen LogP contribution in [-0.4, -0.2) is 29.9 Å². The number of carbonyl (C=O) groups is 1. The van der Waals surface area contributed by atoms with Crippen molar-refractivity contribution in [3.05, 3.63) is 0 Å². The molecule has 0 saturated heterocycles. The van der Waals surface area contributed by atoms with Gasteiger partial charge in [-0.1, -0.05) is 26.7 Å². The average Bonchev–Trinajstić information content (AvgIpc) is 2.43. The highest BCUT2D eigenvalue weighted by molar-refractivity contribution is 5.60. The van der Waals surface area contributed by atoms with Crippen LogP contribution in [0.1, 0.15) is 81.1 Å². The summed E-state index contributed by atoms with van der Waals surface area (Å²) in [5, 5.41) is 0. The van der Waals surface area contributed by atoms with Gasteiger partial charge in [0.2, 0.25) is 12.6 Å². The molecule has 0 saturated carbocycles. The van der Waals surface area contributed by atoms with Gasteiger partial charge in [-0.05, 0) is 40.5 Å².